The summed E-state index contributed by atoms with van der Waals surface area (Å²) < 4.78 is 0. The quantitative estimate of drug-likeness (QED) is 0.757. The van der Waals surface area contributed by atoms with Gasteiger partial charge < -0.3 is 10.2 Å². The minimum atomic E-state index is 0.129. The first-order valence-corrected chi connectivity index (χ1v) is 6.20. The number of hydrogen-bond donors (Lipinski definition) is 2. The molecule has 96 valence electrons. The van der Waals surface area contributed by atoms with Crippen LogP contribution in [0.1, 0.15) is 30.9 Å². The first-order chi connectivity index (χ1) is 8.17. The molecule has 0 saturated heterocycles. The highest BCUT2D eigenvalue weighted by Gasteiger charge is 2.05. The van der Waals surface area contributed by atoms with Crippen molar-refractivity contribution in [3.05, 3.63) is 35.4 Å². The Morgan fingerprint density at radius 2 is 1.53 bits per heavy atom. The number of aliphatic hydroxyl groups excluding tert-OH is 2. The minimum absolute atomic E-state index is 0.129. The fraction of sp³-hybridized carbons (Fsp3) is 0.571. The van der Waals surface area contributed by atoms with Gasteiger partial charge in [-0.1, -0.05) is 38.1 Å². The van der Waals surface area contributed by atoms with E-state index in [0.29, 0.717) is 19.0 Å². The van der Waals surface area contributed by atoms with Crippen LogP contribution in [0.4, 0.5) is 0 Å². The molecule has 1 aromatic rings. The van der Waals surface area contributed by atoms with Gasteiger partial charge in [0.2, 0.25) is 0 Å². The smallest absolute Gasteiger partial charge is 0.0558 e. The number of nitrogens with zero attached hydrogens (tertiary/aromatic N) is 1. The molecular formula is C14H23NO2. The van der Waals surface area contributed by atoms with Crippen LogP contribution >= 0.6 is 0 Å². The molecule has 0 heterocycles. The highest BCUT2D eigenvalue weighted by molar-refractivity contribution is 5.24. The van der Waals surface area contributed by atoms with E-state index in [4.69, 9.17) is 10.2 Å². The van der Waals surface area contributed by atoms with Gasteiger partial charge in [0.05, 0.1) is 13.2 Å². The SMILES string of the molecule is CC(C)c1ccc(CN(CCO)CCO)cc1. The lowest BCUT2D eigenvalue weighted by molar-refractivity contribution is 0.156. The molecule has 0 bridgehead atoms. The topological polar surface area (TPSA) is 43.7 Å². The number of rotatable bonds is 7. The van der Waals surface area contributed by atoms with Crippen LogP contribution in [-0.2, 0) is 6.54 Å². The zero-order valence-electron chi connectivity index (χ0n) is 10.8. The Bertz CT molecular complexity index is 303. The molecule has 1 aromatic carbocycles. The van der Waals surface area contributed by atoms with Gasteiger partial charge in [-0.2, -0.15) is 0 Å². The van der Waals surface area contributed by atoms with E-state index in [1.165, 1.54) is 11.1 Å². The molecular weight excluding hydrogens is 214 g/mol. The van der Waals surface area contributed by atoms with Crippen molar-refractivity contribution in [2.75, 3.05) is 26.3 Å². The Balaban J connectivity index is 2.59. The third-order valence-corrected chi connectivity index (χ3v) is 2.89. The summed E-state index contributed by atoms with van der Waals surface area (Å²) in [6.45, 7) is 6.60. The fourth-order valence-corrected chi connectivity index (χ4v) is 1.82. The molecule has 0 radical (unpaired) electrons. The van der Waals surface area contributed by atoms with E-state index in [-0.39, 0.29) is 13.2 Å². The number of hydrogen-bond acceptors (Lipinski definition) is 3. The van der Waals surface area contributed by atoms with Crippen molar-refractivity contribution >= 4 is 0 Å². The molecule has 0 spiro atoms. The summed E-state index contributed by atoms with van der Waals surface area (Å²) in [6, 6.07) is 8.54. The van der Waals surface area contributed by atoms with Gasteiger partial charge in [-0.3, -0.25) is 4.90 Å². The molecule has 0 fully saturated rings. The minimum Gasteiger partial charge on any atom is -0.395 e. The molecule has 0 amide bonds. The maximum absolute atomic E-state index is 8.93. The fourth-order valence-electron chi connectivity index (χ4n) is 1.82. The van der Waals surface area contributed by atoms with Crippen molar-refractivity contribution < 1.29 is 10.2 Å². The van der Waals surface area contributed by atoms with E-state index in [1.54, 1.807) is 0 Å². The Morgan fingerprint density at radius 3 is 1.94 bits per heavy atom. The Kier molecular flexibility index (Phi) is 6.19. The molecule has 3 nitrogen and oxygen atoms in total. The lowest BCUT2D eigenvalue weighted by atomic mass is 10.0. The maximum atomic E-state index is 8.93. The van der Waals surface area contributed by atoms with E-state index in [1.807, 2.05) is 4.90 Å². The normalized spacial score (nSPS) is 11.4. The van der Waals surface area contributed by atoms with Gasteiger partial charge in [0.15, 0.2) is 0 Å². The van der Waals surface area contributed by atoms with Gasteiger partial charge in [-0.15, -0.1) is 0 Å². The molecule has 0 saturated carbocycles. The maximum Gasteiger partial charge on any atom is 0.0558 e. The number of aliphatic hydroxyl groups is 2. The second kappa shape index (κ2) is 7.43. The van der Waals surface area contributed by atoms with E-state index in [9.17, 15) is 0 Å². The third kappa shape index (κ3) is 4.86. The van der Waals surface area contributed by atoms with Crippen LogP contribution in [0.5, 0.6) is 0 Å². The molecule has 0 aliphatic rings. The summed E-state index contributed by atoms with van der Waals surface area (Å²) in [4.78, 5) is 2.05. The van der Waals surface area contributed by atoms with Crippen LogP contribution in [0.15, 0.2) is 24.3 Å². The van der Waals surface area contributed by atoms with Crippen LogP contribution in [-0.4, -0.2) is 41.4 Å². The van der Waals surface area contributed by atoms with Crippen molar-refractivity contribution in [2.24, 2.45) is 0 Å². The van der Waals surface area contributed by atoms with Crippen molar-refractivity contribution in [1.82, 2.24) is 4.90 Å². The van der Waals surface area contributed by atoms with Crippen molar-refractivity contribution in [3.63, 3.8) is 0 Å². The molecule has 3 heteroatoms. The largest absolute Gasteiger partial charge is 0.395 e. The zero-order valence-corrected chi connectivity index (χ0v) is 10.8. The van der Waals surface area contributed by atoms with Crippen LogP contribution in [0.25, 0.3) is 0 Å². The summed E-state index contributed by atoms with van der Waals surface area (Å²) in [6.07, 6.45) is 0. The van der Waals surface area contributed by atoms with Gasteiger partial charge in [0, 0.05) is 19.6 Å². The Morgan fingerprint density at radius 1 is 1.00 bits per heavy atom. The molecule has 0 aliphatic carbocycles. The summed E-state index contributed by atoms with van der Waals surface area (Å²) >= 11 is 0. The highest BCUT2D eigenvalue weighted by atomic mass is 16.3. The van der Waals surface area contributed by atoms with E-state index in [0.717, 1.165) is 6.54 Å². The average molecular weight is 237 g/mol. The van der Waals surface area contributed by atoms with E-state index in [2.05, 4.69) is 38.1 Å². The summed E-state index contributed by atoms with van der Waals surface area (Å²) in [5.74, 6) is 0.551. The predicted octanol–water partition coefficient (Wildman–Crippen LogP) is 1.60. The van der Waals surface area contributed by atoms with Crippen LogP contribution in [0.2, 0.25) is 0 Å². The molecule has 0 aliphatic heterocycles. The first-order valence-electron chi connectivity index (χ1n) is 6.20. The van der Waals surface area contributed by atoms with Gasteiger partial charge in [0.25, 0.3) is 0 Å². The van der Waals surface area contributed by atoms with Crippen LogP contribution < -0.4 is 0 Å². The van der Waals surface area contributed by atoms with Crippen LogP contribution in [0.3, 0.4) is 0 Å². The highest BCUT2D eigenvalue weighted by Crippen LogP contribution is 2.15. The van der Waals surface area contributed by atoms with Gasteiger partial charge in [-0.25, -0.2) is 0 Å². The third-order valence-electron chi connectivity index (χ3n) is 2.89. The van der Waals surface area contributed by atoms with Crippen molar-refractivity contribution in [1.29, 1.82) is 0 Å². The van der Waals surface area contributed by atoms with Crippen molar-refractivity contribution in [3.8, 4) is 0 Å². The standard InChI is InChI=1S/C14H23NO2/c1-12(2)14-5-3-13(4-6-14)11-15(7-9-16)8-10-17/h3-6,12,16-17H,7-11H2,1-2H3. The van der Waals surface area contributed by atoms with Crippen LogP contribution in [0, 0.1) is 0 Å². The van der Waals surface area contributed by atoms with Gasteiger partial charge in [0.1, 0.15) is 0 Å². The van der Waals surface area contributed by atoms with E-state index >= 15 is 0 Å². The Hall–Kier alpha value is -0.900. The second-order valence-electron chi connectivity index (χ2n) is 4.62. The molecule has 17 heavy (non-hydrogen) atoms. The molecule has 2 N–H and O–H groups in total. The monoisotopic (exact) mass is 237 g/mol. The average Bonchev–Trinajstić information content (AvgIpc) is 2.30. The zero-order chi connectivity index (χ0) is 12.7. The summed E-state index contributed by atoms with van der Waals surface area (Å²) in [5, 5.41) is 17.9. The molecule has 0 atom stereocenters. The lowest BCUT2D eigenvalue weighted by Crippen LogP contribution is -2.29. The second-order valence-corrected chi connectivity index (χ2v) is 4.62. The first kappa shape index (κ1) is 14.2. The summed E-state index contributed by atoms with van der Waals surface area (Å²) in [7, 11) is 0. The summed E-state index contributed by atoms with van der Waals surface area (Å²) in [5.41, 5.74) is 2.56. The van der Waals surface area contributed by atoms with E-state index < -0.39 is 0 Å². The Labute approximate surface area is 104 Å². The lowest BCUT2D eigenvalue weighted by Gasteiger charge is -2.20. The predicted molar refractivity (Wildman–Crippen MR) is 70.0 cm³/mol. The van der Waals surface area contributed by atoms with Gasteiger partial charge in [-0.05, 0) is 17.0 Å². The number of benzene rings is 1. The molecule has 0 unspecified atom stereocenters. The van der Waals surface area contributed by atoms with Gasteiger partial charge >= 0.3 is 0 Å². The molecule has 0 aromatic heterocycles. The molecule has 1 rings (SSSR count). The van der Waals surface area contributed by atoms with Crippen molar-refractivity contribution in [2.45, 2.75) is 26.3 Å².